The molecule has 4 nitrogen and oxygen atoms in total. The van der Waals surface area contributed by atoms with Gasteiger partial charge in [0.25, 0.3) is 0 Å². The molecule has 0 aliphatic heterocycles. The molecule has 0 N–H and O–H groups in total. The molecule has 0 fully saturated rings. The van der Waals surface area contributed by atoms with Crippen LogP contribution in [0.25, 0.3) is 0 Å². The van der Waals surface area contributed by atoms with Crippen molar-refractivity contribution in [3.8, 4) is 5.75 Å². The third-order valence-corrected chi connectivity index (χ3v) is 3.63. The summed E-state index contributed by atoms with van der Waals surface area (Å²) in [7, 11) is 0. The molecule has 0 aliphatic carbocycles. The molecule has 3 aromatic carbocycles. The van der Waals surface area contributed by atoms with Crippen LogP contribution >= 0.6 is 0 Å². The van der Waals surface area contributed by atoms with E-state index in [0.29, 0.717) is 5.56 Å². The van der Waals surface area contributed by atoms with Gasteiger partial charge in [0.1, 0.15) is 5.75 Å². The molecule has 0 saturated carbocycles. The Morgan fingerprint density at radius 3 is 2.04 bits per heavy atom. The van der Waals surface area contributed by atoms with Crippen molar-refractivity contribution >= 4 is 18.0 Å². The van der Waals surface area contributed by atoms with Crippen molar-refractivity contribution in [2.75, 3.05) is 0 Å². The summed E-state index contributed by atoms with van der Waals surface area (Å²) in [6.07, 6.45) is 1.75. The summed E-state index contributed by atoms with van der Waals surface area (Å²) in [5, 5.41) is 0. The first-order valence-electron chi connectivity index (χ1n) is 7.59. The fraction of sp³-hybridized carbons (Fsp3) is 0. The highest BCUT2D eigenvalue weighted by Crippen LogP contribution is 2.23. The molecule has 0 aliphatic rings. The fourth-order valence-corrected chi connectivity index (χ4v) is 2.39. The third-order valence-electron chi connectivity index (χ3n) is 3.63. The number of hydrogen-bond donors (Lipinski definition) is 0. The maximum atomic E-state index is 12.8. The summed E-state index contributed by atoms with van der Waals surface area (Å²) < 4.78 is 5.39. The molecule has 0 heterocycles. The predicted octanol–water partition coefficient (Wildman–Crippen LogP) is 3.59. The number of carbonyl (C=O) groups excluding carboxylic acids is 3. The zero-order chi connectivity index (χ0) is 17.6. The SMILES string of the molecule is O=[C]c1ccccc1C(=O)c1ccccc1OC(=O)c1ccccc1. The van der Waals surface area contributed by atoms with Gasteiger partial charge in [-0.15, -0.1) is 0 Å². The zero-order valence-corrected chi connectivity index (χ0v) is 13.1. The van der Waals surface area contributed by atoms with Crippen molar-refractivity contribution in [1.82, 2.24) is 0 Å². The minimum Gasteiger partial charge on any atom is -0.422 e. The van der Waals surface area contributed by atoms with Gasteiger partial charge in [0.05, 0.1) is 11.1 Å². The van der Waals surface area contributed by atoms with Gasteiger partial charge in [0.15, 0.2) is 5.78 Å². The fourth-order valence-electron chi connectivity index (χ4n) is 2.39. The van der Waals surface area contributed by atoms with Gasteiger partial charge in [0.2, 0.25) is 6.29 Å². The summed E-state index contributed by atoms with van der Waals surface area (Å²) >= 11 is 0. The Labute approximate surface area is 144 Å². The lowest BCUT2D eigenvalue weighted by atomic mass is 9.98. The van der Waals surface area contributed by atoms with E-state index in [-0.39, 0.29) is 22.4 Å². The van der Waals surface area contributed by atoms with Crippen LogP contribution in [-0.2, 0) is 4.79 Å². The molecular weight excluding hydrogens is 316 g/mol. The van der Waals surface area contributed by atoms with E-state index in [0.717, 1.165) is 0 Å². The Balaban J connectivity index is 1.95. The minimum atomic E-state index is -0.559. The molecule has 0 amide bonds. The maximum Gasteiger partial charge on any atom is 0.343 e. The third kappa shape index (κ3) is 3.53. The summed E-state index contributed by atoms with van der Waals surface area (Å²) in [6.45, 7) is 0. The highest BCUT2D eigenvalue weighted by molar-refractivity contribution is 6.14. The van der Waals surface area contributed by atoms with Crippen LogP contribution in [0.4, 0.5) is 0 Å². The average Bonchev–Trinajstić information content (AvgIpc) is 2.68. The van der Waals surface area contributed by atoms with E-state index in [9.17, 15) is 14.4 Å². The zero-order valence-electron chi connectivity index (χ0n) is 13.1. The Morgan fingerprint density at radius 1 is 0.720 bits per heavy atom. The van der Waals surface area contributed by atoms with Gasteiger partial charge in [-0.25, -0.2) is 4.79 Å². The largest absolute Gasteiger partial charge is 0.422 e. The second-order valence-electron chi connectivity index (χ2n) is 5.23. The van der Waals surface area contributed by atoms with Crippen LogP contribution in [0.1, 0.15) is 31.8 Å². The summed E-state index contributed by atoms with van der Waals surface area (Å²) in [5.74, 6) is -0.825. The van der Waals surface area contributed by atoms with Crippen molar-refractivity contribution in [2.24, 2.45) is 0 Å². The van der Waals surface area contributed by atoms with Gasteiger partial charge in [-0.3, -0.25) is 9.59 Å². The van der Waals surface area contributed by atoms with E-state index in [2.05, 4.69) is 0 Å². The first-order chi connectivity index (χ1) is 12.2. The molecule has 0 spiro atoms. The van der Waals surface area contributed by atoms with Gasteiger partial charge in [0, 0.05) is 11.1 Å². The van der Waals surface area contributed by atoms with Crippen molar-refractivity contribution in [1.29, 1.82) is 0 Å². The molecule has 25 heavy (non-hydrogen) atoms. The predicted molar refractivity (Wildman–Crippen MR) is 92.5 cm³/mol. The van der Waals surface area contributed by atoms with E-state index in [1.807, 2.05) is 0 Å². The molecule has 1 radical (unpaired) electrons. The summed E-state index contributed by atoms with van der Waals surface area (Å²) in [5.41, 5.74) is 0.957. The second kappa shape index (κ2) is 7.36. The summed E-state index contributed by atoms with van der Waals surface area (Å²) in [6, 6.07) is 21.3. The Hall–Kier alpha value is -3.53. The van der Waals surface area contributed by atoms with Crippen LogP contribution in [0.3, 0.4) is 0 Å². The maximum absolute atomic E-state index is 12.8. The van der Waals surface area contributed by atoms with E-state index in [1.165, 1.54) is 6.07 Å². The van der Waals surface area contributed by atoms with Crippen LogP contribution in [0.2, 0.25) is 0 Å². The van der Waals surface area contributed by atoms with E-state index in [1.54, 1.807) is 79.1 Å². The molecule has 3 aromatic rings. The Morgan fingerprint density at radius 2 is 1.32 bits per heavy atom. The number of para-hydroxylation sites is 1. The van der Waals surface area contributed by atoms with Crippen LogP contribution in [-0.4, -0.2) is 18.0 Å². The number of esters is 1. The highest BCUT2D eigenvalue weighted by Gasteiger charge is 2.19. The Bertz CT molecular complexity index is 929. The standard InChI is InChI=1S/C21H13O4/c22-14-16-10-4-5-11-17(16)20(23)18-12-6-7-13-19(18)25-21(24)15-8-2-1-3-9-15/h1-13H. The molecule has 0 aromatic heterocycles. The van der Waals surface area contributed by atoms with E-state index < -0.39 is 11.8 Å². The van der Waals surface area contributed by atoms with Gasteiger partial charge in [-0.2, -0.15) is 0 Å². The molecule has 3 rings (SSSR count). The van der Waals surface area contributed by atoms with E-state index >= 15 is 0 Å². The van der Waals surface area contributed by atoms with Crippen molar-refractivity contribution < 1.29 is 19.1 Å². The molecule has 4 heteroatoms. The van der Waals surface area contributed by atoms with Crippen molar-refractivity contribution in [2.45, 2.75) is 0 Å². The number of benzene rings is 3. The molecule has 0 saturated heterocycles. The number of ketones is 1. The first kappa shape index (κ1) is 16.3. The Kier molecular flexibility index (Phi) is 4.81. The molecule has 121 valence electrons. The molecule has 0 bridgehead atoms. The van der Waals surface area contributed by atoms with Crippen LogP contribution in [0, 0.1) is 0 Å². The quantitative estimate of drug-likeness (QED) is 0.408. The number of rotatable bonds is 5. The smallest absolute Gasteiger partial charge is 0.343 e. The highest BCUT2D eigenvalue weighted by atomic mass is 16.5. The van der Waals surface area contributed by atoms with Crippen molar-refractivity contribution in [3.05, 3.63) is 101 Å². The number of carbonyl (C=O) groups is 2. The van der Waals surface area contributed by atoms with Crippen molar-refractivity contribution in [3.63, 3.8) is 0 Å². The van der Waals surface area contributed by atoms with E-state index in [4.69, 9.17) is 4.74 Å². The summed E-state index contributed by atoms with van der Waals surface area (Å²) in [4.78, 5) is 36.1. The number of hydrogen-bond acceptors (Lipinski definition) is 4. The number of ether oxygens (including phenoxy) is 1. The molecule has 0 atom stereocenters. The average molecular weight is 329 g/mol. The first-order valence-corrected chi connectivity index (χ1v) is 7.59. The lowest BCUT2D eigenvalue weighted by molar-refractivity contribution is 0.0733. The lowest BCUT2D eigenvalue weighted by Crippen LogP contribution is -2.12. The van der Waals surface area contributed by atoms with Crippen LogP contribution in [0.5, 0.6) is 5.75 Å². The normalized spacial score (nSPS) is 10.1. The van der Waals surface area contributed by atoms with Gasteiger partial charge in [-0.05, 0) is 24.3 Å². The van der Waals surface area contributed by atoms with Crippen LogP contribution in [0.15, 0.2) is 78.9 Å². The second-order valence-corrected chi connectivity index (χ2v) is 5.23. The van der Waals surface area contributed by atoms with Gasteiger partial charge in [-0.1, -0.05) is 54.6 Å². The van der Waals surface area contributed by atoms with Gasteiger partial charge < -0.3 is 4.74 Å². The van der Waals surface area contributed by atoms with Gasteiger partial charge >= 0.3 is 5.97 Å². The lowest BCUT2D eigenvalue weighted by Gasteiger charge is -2.10. The minimum absolute atomic E-state index is 0.141. The molecular formula is C21H13O4. The van der Waals surface area contributed by atoms with Crippen LogP contribution < -0.4 is 4.74 Å². The topological polar surface area (TPSA) is 60.4 Å². The molecule has 0 unspecified atom stereocenters. The monoisotopic (exact) mass is 329 g/mol.